The zero-order valence-electron chi connectivity index (χ0n) is 26.9. The number of anilines is 2. The maximum Gasteiger partial charge on any atom is 0.313 e. The lowest BCUT2D eigenvalue weighted by molar-refractivity contribution is -0.161. The Morgan fingerprint density at radius 3 is 2.34 bits per heavy atom. The molecule has 0 aromatic heterocycles. The molecule has 6 atom stereocenters. The lowest BCUT2D eigenvalue weighted by atomic mass is 9.73. The Bertz CT molecular complexity index is 1270. The summed E-state index contributed by atoms with van der Waals surface area (Å²) in [6.07, 6.45) is 11.1. The maximum atomic E-state index is 14.9. The third-order valence-electron chi connectivity index (χ3n) is 9.96. The van der Waals surface area contributed by atoms with Crippen LogP contribution in [0.1, 0.15) is 66.7 Å². The molecule has 4 aliphatic rings. The van der Waals surface area contributed by atoms with Crippen LogP contribution in [0.2, 0.25) is 0 Å². The van der Waals surface area contributed by atoms with Gasteiger partial charge in [-0.1, -0.05) is 45.1 Å². The first-order valence-electron chi connectivity index (χ1n) is 16.5. The summed E-state index contributed by atoms with van der Waals surface area (Å²) in [6, 6.07) is 6.25. The molecule has 1 aromatic carbocycles. The minimum Gasteiger partial charge on any atom is -0.465 e. The Labute approximate surface area is 261 Å². The van der Waals surface area contributed by atoms with Gasteiger partial charge in [0.2, 0.25) is 5.91 Å². The van der Waals surface area contributed by atoms with Gasteiger partial charge in [0.1, 0.15) is 23.2 Å². The zero-order valence-corrected chi connectivity index (χ0v) is 26.9. The number of esters is 1. The Morgan fingerprint density at radius 1 is 0.977 bits per heavy atom. The summed E-state index contributed by atoms with van der Waals surface area (Å²) < 4.78 is 12.8. The minimum absolute atomic E-state index is 0.161. The number of ether oxygens (including phenoxy) is 2. The fourth-order valence-electron chi connectivity index (χ4n) is 7.85. The fraction of sp³-hybridized carbons (Fsp3) is 0.629. The van der Waals surface area contributed by atoms with Gasteiger partial charge in [-0.25, -0.2) is 0 Å². The van der Waals surface area contributed by atoms with Gasteiger partial charge < -0.3 is 29.3 Å². The molecule has 2 saturated heterocycles. The Balaban J connectivity index is 1.64. The maximum absolute atomic E-state index is 14.9. The molecule has 0 bridgehead atoms. The highest BCUT2D eigenvalue weighted by Crippen LogP contribution is 2.58. The number of amides is 2. The van der Waals surface area contributed by atoms with Crippen LogP contribution in [0.25, 0.3) is 0 Å². The molecule has 0 aliphatic carbocycles. The Kier molecular flexibility index (Phi) is 9.56. The van der Waals surface area contributed by atoms with Crippen molar-refractivity contribution in [2.45, 2.75) is 90.0 Å². The topological polar surface area (TPSA) is 99.6 Å². The van der Waals surface area contributed by atoms with Crippen LogP contribution in [0.5, 0.6) is 0 Å². The van der Waals surface area contributed by atoms with E-state index >= 15 is 0 Å². The summed E-state index contributed by atoms with van der Waals surface area (Å²) in [7, 11) is 0. The average Bonchev–Trinajstić information content (AvgIpc) is 3.38. The van der Waals surface area contributed by atoms with Crippen molar-refractivity contribution in [1.82, 2.24) is 4.90 Å². The molecule has 5 rings (SSSR count). The van der Waals surface area contributed by atoms with Crippen LogP contribution in [0.3, 0.4) is 0 Å². The van der Waals surface area contributed by atoms with Gasteiger partial charge in [-0.3, -0.25) is 14.4 Å². The van der Waals surface area contributed by atoms with Crippen molar-refractivity contribution in [3.63, 3.8) is 0 Å². The summed E-state index contributed by atoms with van der Waals surface area (Å²) >= 11 is 0. The van der Waals surface area contributed by atoms with Crippen LogP contribution in [-0.4, -0.2) is 83.9 Å². The number of fused-ring (bicyclic) bond motifs is 2. The van der Waals surface area contributed by atoms with Crippen molar-refractivity contribution in [2.24, 2.45) is 17.8 Å². The van der Waals surface area contributed by atoms with E-state index in [4.69, 9.17) is 9.47 Å². The largest absolute Gasteiger partial charge is 0.465 e. The second kappa shape index (κ2) is 13.1. The third-order valence-corrected chi connectivity index (χ3v) is 9.96. The fourth-order valence-corrected chi connectivity index (χ4v) is 7.85. The molecular weight excluding hydrogens is 558 g/mol. The molecule has 0 saturated carbocycles. The van der Waals surface area contributed by atoms with E-state index in [0.717, 1.165) is 43.7 Å². The number of rotatable bonds is 9. The average molecular weight is 608 g/mol. The van der Waals surface area contributed by atoms with Crippen molar-refractivity contribution >= 4 is 29.2 Å². The number of hydrogen-bond donors (Lipinski definition) is 1. The molecule has 1 N–H and O–H groups in total. The van der Waals surface area contributed by atoms with Crippen molar-refractivity contribution in [3.05, 3.63) is 48.6 Å². The second-order valence-electron chi connectivity index (χ2n) is 12.9. The van der Waals surface area contributed by atoms with Crippen molar-refractivity contribution in [2.75, 3.05) is 42.6 Å². The Hall–Kier alpha value is -3.17. The van der Waals surface area contributed by atoms with E-state index in [2.05, 4.69) is 18.7 Å². The van der Waals surface area contributed by atoms with Gasteiger partial charge in [-0.05, 0) is 76.1 Å². The van der Waals surface area contributed by atoms with Crippen molar-refractivity contribution in [3.8, 4) is 0 Å². The monoisotopic (exact) mass is 607 g/mol. The van der Waals surface area contributed by atoms with Crippen molar-refractivity contribution in [1.29, 1.82) is 0 Å². The van der Waals surface area contributed by atoms with E-state index < -0.39 is 41.1 Å². The molecule has 4 aliphatic heterocycles. The number of allylic oxidation sites excluding steroid dienone is 1. The molecule has 240 valence electrons. The standard InChI is InChI=1S/C35H49N3O6/c1-6-34-18-11-9-10-12-21-43-33(42)29(34)28-31(40)38(27(23-39)22-24(4)5)30-32(41)37(20-13-19-35(28,30)44-34)26-16-14-25(15-17-26)36(7-2)8-3/h11,13-19,24,27-30,39H,6-10,12,20-23H2,1-5H3/b18-11-/t27-,28+,29-,30?,34+,35+/m1/s1. The molecule has 44 heavy (non-hydrogen) atoms. The third kappa shape index (κ3) is 5.36. The number of benzene rings is 1. The molecular formula is C35H49N3O6. The highest BCUT2D eigenvalue weighted by atomic mass is 16.6. The number of hydrogen-bond acceptors (Lipinski definition) is 7. The van der Waals surface area contributed by atoms with Gasteiger partial charge in [0.15, 0.2) is 0 Å². The van der Waals surface area contributed by atoms with E-state index in [1.807, 2.05) is 69.3 Å². The van der Waals surface area contributed by atoms with Gasteiger partial charge in [0, 0.05) is 31.0 Å². The van der Waals surface area contributed by atoms with E-state index in [1.165, 1.54) is 0 Å². The number of likely N-dealkylation sites (tertiary alicyclic amines) is 1. The van der Waals surface area contributed by atoms with Crippen LogP contribution in [0.4, 0.5) is 11.4 Å². The van der Waals surface area contributed by atoms with Gasteiger partial charge in [0.05, 0.1) is 25.2 Å². The normalized spacial score (nSPS) is 31.7. The van der Waals surface area contributed by atoms with E-state index in [9.17, 15) is 19.5 Å². The molecule has 1 spiro atoms. The molecule has 1 aromatic rings. The van der Waals surface area contributed by atoms with Gasteiger partial charge >= 0.3 is 5.97 Å². The first-order chi connectivity index (χ1) is 21.2. The highest BCUT2D eigenvalue weighted by molar-refractivity contribution is 6.06. The smallest absolute Gasteiger partial charge is 0.313 e. The quantitative estimate of drug-likeness (QED) is 0.326. The molecule has 0 radical (unpaired) electrons. The molecule has 2 fully saturated rings. The first-order valence-corrected chi connectivity index (χ1v) is 16.5. The van der Waals surface area contributed by atoms with Gasteiger partial charge in [-0.15, -0.1) is 0 Å². The molecule has 9 nitrogen and oxygen atoms in total. The highest BCUT2D eigenvalue weighted by Gasteiger charge is 2.75. The van der Waals surface area contributed by atoms with Gasteiger partial charge in [-0.2, -0.15) is 0 Å². The summed E-state index contributed by atoms with van der Waals surface area (Å²) in [5.41, 5.74) is -0.710. The molecule has 4 heterocycles. The van der Waals surface area contributed by atoms with Crippen LogP contribution in [-0.2, 0) is 23.9 Å². The summed E-state index contributed by atoms with van der Waals surface area (Å²) in [5, 5.41) is 10.6. The minimum atomic E-state index is -1.40. The first kappa shape index (κ1) is 32.2. The Morgan fingerprint density at radius 2 is 1.70 bits per heavy atom. The molecule has 9 heteroatoms. The second-order valence-corrected chi connectivity index (χ2v) is 12.9. The van der Waals surface area contributed by atoms with Crippen LogP contribution in [0, 0.1) is 17.8 Å². The number of cyclic esters (lactones) is 1. The summed E-state index contributed by atoms with van der Waals surface area (Å²) in [4.78, 5) is 48.9. The predicted molar refractivity (Wildman–Crippen MR) is 170 cm³/mol. The van der Waals surface area contributed by atoms with Crippen LogP contribution >= 0.6 is 0 Å². The summed E-state index contributed by atoms with van der Waals surface area (Å²) in [6.45, 7) is 12.2. The predicted octanol–water partition coefficient (Wildman–Crippen LogP) is 4.49. The lowest BCUT2D eigenvalue weighted by Gasteiger charge is -2.41. The van der Waals surface area contributed by atoms with Gasteiger partial charge in [0.25, 0.3) is 5.91 Å². The van der Waals surface area contributed by atoms with E-state index in [1.54, 1.807) is 9.80 Å². The van der Waals surface area contributed by atoms with Crippen LogP contribution in [0.15, 0.2) is 48.6 Å². The SMILES string of the molecule is CCN(CC)c1ccc(N2CC=C[C@]34O[C@@]5(CC)/C=C\CCCCOC(=O)[C@H]5[C@H]3C(=O)N([C@@H](CO)CC(C)C)C4C2=O)cc1. The number of aliphatic hydroxyl groups is 1. The zero-order chi connectivity index (χ0) is 31.6. The van der Waals surface area contributed by atoms with Crippen molar-refractivity contribution < 1.29 is 29.0 Å². The van der Waals surface area contributed by atoms with E-state index in [0.29, 0.717) is 12.8 Å². The number of aliphatic hydroxyl groups excluding tert-OH is 1. The molecule has 2 amide bonds. The van der Waals surface area contributed by atoms with E-state index in [-0.39, 0.29) is 37.5 Å². The number of nitrogens with zero attached hydrogens (tertiary/aromatic N) is 3. The number of carbonyl (C=O) groups is 3. The number of carbonyl (C=O) groups excluding carboxylic acids is 3. The molecule has 1 unspecified atom stereocenters. The summed E-state index contributed by atoms with van der Waals surface area (Å²) in [5.74, 6) is -2.81. The lowest BCUT2D eigenvalue weighted by Crippen LogP contribution is -2.59. The van der Waals surface area contributed by atoms with Crippen LogP contribution < -0.4 is 9.80 Å².